The molecule has 1 aromatic rings. The zero-order valence-corrected chi connectivity index (χ0v) is 9.28. The predicted molar refractivity (Wildman–Crippen MR) is 55.7 cm³/mol. The van der Waals surface area contributed by atoms with Crippen LogP contribution in [0.15, 0.2) is 16.5 Å². The summed E-state index contributed by atoms with van der Waals surface area (Å²) in [6.45, 7) is -0.665. The predicted octanol–water partition coefficient (Wildman–Crippen LogP) is -0.549. The molecule has 1 heterocycles. The molecule has 0 bridgehead atoms. The summed E-state index contributed by atoms with van der Waals surface area (Å²) >= 11 is 0. The number of methoxy groups -OCH3 is 1. The van der Waals surface area contributed by atoms with E-state index in [0.717, 1.165) is 19.2 Å². The zero-order valence-electron chi connectivity index (χ0n) is 9.28. The summed E-state index contributed by atoms with van der Waals surface area (Å²) in [7, 11) is 1.09. The first-order chi connectivity index (χ1) is 8.49. The number of ether oxygens (including phenoxy) is 1. The van der Waals surface area contributed by atoms with Crippen LogP contribution in [0.5, 0.6) is 0 Å². The number of esters is 1. The van der Waals surface area contributed by atoms with Gasteiger partial charge in [-0.3, -0.25) is 14.9 Å². The van der Waals surface area contributed by atoms with Crippen molar-refractivity contribution in [3.63, 3.8) is 0 Å². The van der Waals surface area contributed by atoms with Gasteiger partial charge >= 0.3 is 11.9 Å². The van der Waals surface area contributed by atoms with Crippen molar-refractivity contribution < 1.29 is 28.8 Å². The average molecular weight is 258 g/mol. The number of hydrogen-bond acceptors (Lipinski definition) is 7. The van der Waals surface area contributed by atoms with E-state index in [1.54, 1.807) is 0 Å². The Morgan fingerprint density at radius 1 is 1.61 bits per heavy atom. The summed E-state index contributed by atoms with van der Waals surface area (Å²) in [5.74, 6) is -2.65. The molecule has 18 heavy (non-hydrogen) atoms. The molecule has 0 radical (unpaired) electrons. The molecule has 0 spiro atoms. The van der Waals surface area contributed by atoms with E-state index >= 15 is 0 Å². The number of amides is 1. The van der Waals surface area contributed by atoms with Gasteiger partial charge in [0, 0.05) is 0 Å². The van der Waals surface area contributed by atoms with Crippen molar-refractivity contribution in [2.45, 2.75) is 6.04 Å². The molecule has 9 nitrogen and oxygen atoms in total. The molecule has 0 aliphatic carbocycles. The molecule has 0 aliphatic rings. The second-order valence-corrected chi connectivity index (χ2v) is 3.13. The summed E-state index contributed by atoms with van der Waals surface area (Å²) in [4.78, 5) is 32.1. The van der Waals surface area contributed by atoms with E-state index in [9.17, 15) is 19.7 Å². The van der Waals surface area contributed by atoms with Gasteiger partial charge < -0.3 is 19.6 Å². The van der Waals surface area contributed by atoms with Gasteiger partial charge in [-0.25, -0.2) is 4.79 Å². The number of carbonyl (C=O) groups excluding carboxylic acids is 2. The molecule has 0 fully saturated rings. The minimum Gasteiger partial charge on any atom is -0.467 e. The van der Waals surface area contributed by atoms with Crippen molar-refractivity contribution in [1.82, 2.24) is 5.32 Å². The van der Waals surface area contributed by atoms with E-state index in [-0.39, 0.29) is 5.76 Å². The fourth-order valence-corrected chi connectivity index (χ4v) is 1.10. The second kappa shape index (κ2) is 5.77. The molecule has 9 heteroatoms. The van der Waals surface area contributed by atoms with Gasteiger partial charge in [-0.1, -0.05) is 0 Å². The summed E-state index contributed by atoms with van der Waals surface area (Å²) in [5, 5.41) is 21.3. The van der Waals surface area contributed by atoms with Crippen molar-refractivity contribution in [3.8, 4) is 0 Å². The topological polar surface area (TPSA) is 132 Å². The lowest BCUT2D eigenvalue weighted by Crippen LogP contribution is -2.43. The van der Waals surface area contributed by atoms with E-state index in [2.05, 4.69) is 14.5 Å². The third kappa shape index (κ3) is 3.04. The monoisotopic (exact) mass is 258 g/mol. The minimum absolute atomic E-state index is 0.343. The third-order valence-electron chi connectivity index (χ3n) is 1.97. The van der Waals surface area contributed by atoms with Crippen LogP contribution in [0.3, 0.4) is 0 Å². The van der Waals surface area contributed by atoms with Crippen LogP contribution in [0.1, 0.15) is 10.6 Å². The second-order valence-electron chi connectivity index (χ2n) is 3.13. The Morgan fingerprint density at radius 3 is 2.72 bits per heavy atom. The van der Waals surface area contributed by atoms with Gasteiger partial charge in [0.2, 0.25) is 0 Å². The summed E-state index contributed by atoms with van der Waals surface area (Å²) in [6.07, 6.45) is 0. The molecule has 0 saturated heterocycles. The highest BCUT2D eigenvalue weighted by atomic mass is 16.6. The first-order valence-electron chi connectivity index (χ1n) is 4.73. The number of furan rings is 1. The van der Waals surface area contributed by atoms with Crippen molar-refractivity contribution in [2.75, 3.05) is 13.7 Å². The summed E-state index contributed by atoms with van der Waals surface area (Å²) < 4.78 is 8.95. The maximum Gasteiger partial charge on any atom is 0.433 e. The van der Waals surface area contributed by atoms with Crippen LogP contribution in [-0.4, -0.2) is 41.7 Å². The summed E-state index contributed by atoms with van der Waals surface area (Å²) in [5.41, 5.74) is 0. The molecule has 1 amide bonds. The number of carbonyl (C=O) groups is 2. The number of rotatable bonds is 5. The molecule has 1 aromatic heterocycles. The number of aliphatic hydroxyl groups is 1. The highest BCUT2D eigenvalue weighted by molar-refractivity contribution is 5.94. The zero-order chi connectivity index (χ0) is 13.7. The normalized spacial score (nSPS) is 11.7. The Kier molecular flexibility index (Phi) is 4.38. The van der Waals surface area contributed by atoms with Gasteiger partial charge in [-0.15, -0.1) is 0 Å². The fraction of sp³-hybridized carbons (Fsp3) is 0.333. The van der Waals surface area contributed by atoms with Crippen LogP contribution in [-0.2, 0) is 9.53 Å². The average Bonchev–Trinajstić information content (AvgIpc) is 2.84. The number of nitro groups is 1. The molecular formula is C9H10N2O7. The van der Waals surface area contributed by atoms with Crippen molar-refractivity contribution >= 4 is 17.8 Å². The van der Waals surface area contributed by atoms with Crippen molar-refractivity contribution in [2.24, 2.45) is 0 Å². The lowest BCUT2D eigenvalue weighted by Gasteiger charge is -2.12. The third-order valence-corrected chi connectivity index (χ3v) is 1.97. The van der Waals surface area contributed by atoms with E-state index < -0.39 is 35.3 Å². The number of hydrogen-bond donors (Lipinski definition) is 2. The molecular weight excluding hydrogens is 248 g/mol. The van der Waals surface area contributed by atoms with E-state index in [1.165, 1.54) is 0 Å². The molecule has 1 atom stereocenters. The van der Waals surface area contributed by atoms with Gasteiger partial charge in [0.25, 0.3) is 5.91 Å². The van der Waals surface area contributed by atoms with E-state index in [1.807, 2.05) is 0 Å². The molecule has 98 valence electrons. The fourth-order valence-electron chi connectivity index (χ4n) is 1.10. The molecule has 0 aromatic carbocycles. The van der Waals surface area contributed by atoms with E-state index in [0.29, 0.717) is 0 Å². The molecule has 0 aliphatic heterocycles. The largest absolute Gasteiger partial charge is 0.467 e. The van der Waals surface area contributed by atoms with Gasteiger partial charge in [0.15, 0.2) is 11.8 Å². The standard InChI is InChI=1S/C9H10N2O7/c1-17-9(14)5(4-12)10-8(13)6-2-3-7(18-6)11(15)16/h2-3,5,12H,4H2,1H3,(H,10,13). The van der Waals surface area contributed by atoms with Crippen LogP contribution >= 0.6 is 0 Å². The Hall–Kier alpha value is -2.42. The quantitative estimate of drug-likeness (QED) is 0.411. The maximum absolute atomic E-state index is 11.5. The van der Waals surface area contributed by atoms with Gasteiger partial charge in [-0.2, -0.15) is 0 Å². The Labute approximate surface area is 100 Å². The molecule has 2 N–H and O–H groups in total. The molecule has 1 rings (SSSR count). The Bertz CT molecular complexity index is 467. The minimum atomic E-state index is -1.26. The van der Waals surface area contributed by atoms with Crippen LogP contribution in [0.4, 0.5) is 5.88 Å². The first-order valence-corrected chi connectivity index (χ1v) is 4.73. The lowest BCUT2D eigenvalue weighted by atomic mass is 10.3. The number of nitrogens with zero attached hydrogens (tertiary/aromatic N) is 1. The van der Waals surface area contributed by atoms with Crippen LogP contribution in [0, 0.1) is 10.1 Å². The van der Waals surface area contributed by atoms with Crippen LogP contribution in [0.25, 0.3) is 0 Å². The van der Waals surface area contributed by atoms with Crippen molar-refractivity contribution in [1.29, 1.82) is 0 Å². The Balaban J connectivity index is 2.74. The smallest absolute Gasteiger partial charge is 0.433 e. The van der Waals surface area contributed by atoms with Gasteiger partial charge in [0.1, 0.15) is 4.92 Å². The molecule has 0 saturated carbocycles. The Morgan fingerprint density at radius 2 is 2.28 bits per heavy atom. The van der Waals surface area contributed by atoms with Crippen LogP contribution < -0.4 is 5.32 Å². The maximum atomic E-state index is 11.5. The van der Waals surface area contributed by atoms with Crippen LogP contribution in [0.2, 0.25) is 0 Å². The first kappa shape index (κ1) is 13.6. The highest BCUT2D eigenvalue weighted by Crippen LogP contribution is 2.15. The number of aliphatic hydroxyl groups excluding tert-OH is 1. The highest BCUT2D eigenvalue weighted by Gasteiger charge is 2.24. The number of nitrogens with one attached hydrogen (secondary N) is 1. The lowest BCUT2D eigenvalue weighted by molar-refractivity contribution is -0.402. The van der Waals surface area contributed by atoms with Gasteiger partial charge in [-0.05, 0) is 6.07 Å². The van der Waals surface area contributed by atoms with Crippen molar-refractivity contribution in [3.05, 3.63) is 28.0 Å². The van der Waals surface area contributed by atoms with E-state index in [4.69, 9.17) is 5.11 Å². The SMILES string of the molecule is COC(=O)C(CO)NC(=O)c1ccc([N+](=O)[O-])o1. The molecule has 1 unspecified atom stereocenters. The van der Waals surface area contributed by atoms with Gasteiger partial charge in [0.05, 0.1) is 19.8 Å². The summed E-state index contributed by atoms with van der Waals surface area (Å²) in [6, 6.07) is 0.826.